The summed E-state index contributed by atoms with van der Waals surface area (Å²) in [6.45, 7) is 6.38. The van der Waals surface area contributed by atoms with Crippen LogP contribution in [0.5, 0.6) is 0 Å². The van der Waals surface area contributed by atoms with E-state index >= 15 is 0 Å². The van der Waals surface area contributed by atoms with E-state index in [9.17, 15) is 4.79 Å². The maximum atomic E-state index is 12.2. The third-order valence-electron chi connectivity index (χ3n) is 4.16. The monoisotopic (exact) mass is 374 g/mol. The van der Waals surface area contributed by atoms with E-state index in [1.807, 2.05) is 25.1 Å². The van der Waals surface area contributed by atoms with Crippen LogP contribution in [-0.2, 0) is 4.79 Å². The summed E-state index contributed by atoms with van der Waals surface area (Å²) in [6.07, 6.45) is 2.98. The summed E-state index contributed by atoms with van der Waals surface area (Å²) >= 11 is 3.44. The van der Waals surface area contributed by atoms with Gasteiger partial charge in [0, 0.05) is 16.6 Å². The molecular formula is C16H24BrClN2O. The number of carbonyl (C=O) groups is 1. The molecule has 0 aliphatic carbocycles. The number of hydrogen-bond donors (Lipinski definition) is 2. The number of benzene rings is 1. The van der Waals surface area contributed by atoms with Gasteiger partial charge in [-0.05, 0) is 68.5 Å². The van der Waals surface area contributed by atoms with Gasteiger partial charge in [-0.15, -0.1) is 12.4 Å². The maximum absolute atomic E-state index is 12.2. The smallest absolute Gasteiger partial charge is 0.224 e. The highest BCUT2D eigenvalue weighted by atomic mass is 79.9. The van der Waals surface area contributed by atoms with Gasteiger partial charge in [-0.2, -0.15) is 0 Å². The number of halogens is 2. The second-order valence-corrected chi connectivity index (χ2v) is 6.69. The third-order valence-corrected chi connectivity index (χ3v) is 4.65. The zero-order valence-electron chi connectivity index (χ0n) is 12.6. The Labute approximate surface area is 141 Å². The van der Waals surface area contributed by atoms with Gasteiger partial charge in [0.25, 0.3) is 0 Å². The zero-order chi connectivity index (χ0) is 14.5. The average molecular weight is 376 g/mol. The van der Waals surface area contributed by atoms with Crippen molar-refractivity contribution in [2.24, 2.45) is 11.8 Å². The van der Waals surface area contributed by atoms with Crippen LogP contribution in [0, 0.1) is 18.8 Å². The average Bonchev–Trinajstić information content (AvgIpc) is 2.43. The van der Waals surface area contributed by atoms with Crippen LogP contribution < -0.4 is 10.6 Å². The quantitative estimate of drug-likeness (QED) is 0.830. The Morgan fingerprint density at radius 1 is 1.43 bits per heavy atom. The van der Waals surface area contributed by atoms with Gasteiger partial charge in [-0.25, -0.2) is 0 Å². The fourth-order valence-electron chi connectivity index (χ4n) is 2.84. The largest absolute Gasteiger partial charge is 0.326 e. The lowest BCUT2D eigenvalue weighted by Crippen LogP contribution is -2.32. The topological polar surface area (TPSA) is 41.1 Å². The van der Waals surface area contributed by atoms with Gasteiger partial charge in [-0.1, -0.05) is 22.9 Å². The molecule has 118 valence electrons. The van der Waals surface area contributed by atoms with E-state index in [4.69, 9.17) is 0 Å². The van der Waals surface area contributed by atoms with Crippen molar-refractivity contribution < 1.29 is 4.79 Å². The van der Waals surface area contributed by atoms with Gasteiger partial charge >= 0.3 is 0 Å². The Morgan fingerprint density at radius 3 is 2.71 bits per heavy atom. The lowest BCUT2D eigenvalue weighted by molar-refractivity contribution is -0.117. The summed E-state index contributed by atoms with van der Waals surface area (Å²) in [6, 6.07) is 5.93. The van der Waals surface area contributed by atoms with Crippen molar-refractivity contribution >= 4 is 39.9 Å². The van der Waals surface area contributed by atoms with Gasteiger partial charge in [0.05, 0.1) is 0 Å². The Bertz CT molecular complexity index is 475. The minimum atomic E-state index is 0. The maximum Gasteiger partial charge on any atom is 0.224 e. The highest BCUT2D eigenvalue weighted by molar-refractivity contribution is 9.10. The first-order valence-corrected chi connectivity index (χ1v) is 8.12. The first-order chi connectivity index (χ1) is 9.56. The number of piperidine rings is 1. The van der Waals surface area contributed by atoms with Gasteiger partial charge in [0.2, 0.25) is 5.91 Å². The van der Waals surface area contributed by atoms with E-state index in [0.717, 1.165) is 28.8 Å². The molecule has 0 saturated carbocycles. The van der Waals surface area contributed by atoms with Crippen LogP contribution in [0.1, 0.15) is 31.7 Å². The van der Waals surface area contributed by atoms with Gasteiger partial charge in [0.15, 0.2) is 0 Å². The molecule has 1 atom stereocenters. The minimum Gasteiger partial charge on any atom is -0.326 e. The van der Waals surface area contributed by atoms with Crippen molar-refractivity contribution in [2.75, 3.05) is 18.4 Å². The molecule has 1 heterocycles. The lowest BCUT2D eigenvalue weighted by Gasteiger charge is -2.28. The molecule has 1 fully saturated rings. The molecule has 0 bridgehead atoms. The van der Waals surface area contributed by atoms with E-state index in [1.54, 1.807) is 0 Å². The molecular weight excluding hydrogens is 352 g/mol. The zero-order valence-corrected chi connectivity index (χ0v) is 15.0. The molecule has 1 aromatic rings. The molecule has 1 aliphatic heterocycles. The second-order valence-electron chi connectivity index (χ2n) is 5.78. The van der Waals surface area contributed by atoms with E-state index in [0.29, 0.717) is 18.3 Å². The van der Waals surface area contributed by atoms with Crippen molar-refractivity contribution in [1.82, 2.24) is 5.32 Å². The molecule has 1 aliphatic rings. The molecule has 0 radical (unpaired) electrons. The molecule has 1 amide bonds. The number of rotatable bonds is 4. The molecule has 0 spiro atoms. The van der Waals surface area contributed by atoms with Crippen molar-refractivity contribution in [3.63, 3.8) is 0 Å². The van der Waals surface area contributed by atoms with Crippen LogP contribution in [0.25, 0.3) is 0 Å². The van der Waals surface area contributed by atoms with Crippen molar-refractivity contribution in [3.05, 3.63) is 28.2 Å². The van der Waals surface area contributed by atoms with Gasteiger partial charge in [0.1, 0.15) is 0 Å². The number of nitrogens with one attached hydrogen (secondary N) is 2. The predicted octanol–water partition coefficient (Wildman–Crippen LogP) is 4.14. The van der Waals surface area contributed by atoms with Crippen LogP contribution in [-0.4, -0.2) is 19.0 Å². The number of hydrogen-bond acceptors (Lipinski definition) is 2. The number of aryl methyl sites for hydroxylation is 1. The van der Waals surface area contributed by atoms with Crippen LogP contribution >= 0.6 is 28.3 Å². The summed E-state index contributed by atoms with van der Waals surface area (Å²) in [4.78, 5) is 12.2. The summed E-state index contributed by atoms with van der Waals surface area (Å²) in [5.74, 6) is 1.25. The number of carbonyl (C=O) groups excluding carboxylic acids is 1. The SMILES string of the molecule is Cc1cc(Br)ccc1NC(=O)CC(C)C1CCNCC1.Cl. The first-order valence-electron chi connectivity index (χ1n) is 7.33. The Morgan fingerprint density at radius 2 is 2.10 bits per heavy atom. The van der Waals surface area contributed by atoms with Crippen LogP contribution in [0.15, 0.2) is 22.7 Å². The minimum absolute atomic E-state index is 0. The van der Waals surface area contributed by atoms with E-state index in [1.165, 1.54) is 12.8 Å². The molecule has 2 N–H and O–H groups in total. The van der Waals surface area contributed by atoms with E-state index in [2.05, 4.69) is 33.5 Å². The first kappa shape index (κ1) is 18.5. The van der Waals surface area contributed by atoms with Crippen molar-refractivity contribution in [1.29, 1.82) is 0 Å². The molecule has 2 rings (SSSR count). The van der Waals surface area contributed by atoms with Crippen LogP contribution in [0.2, 0.25) is 0 Å². The third kappa shape index (κ3) is 5.61. The Kier molecular flexibility index (Phi) is 7.71. The molecule has 21 heavy (non-hydrogen) atoms. The number of amides is 1. The highest BCUT2D eigenvalue weighted by Crippen LogP contribution is 2.25. The summed E-state index contributed by atoms with van der Waals surface area (Å²) in [5.41, 5.74) is 2.00. The number of anilines is 1. The normalized spacial score (nSPS) is 16.9. The molecule has 0 aromatic heterocycles. The second kappa shape index (κ2) is 8.76. The summed E-state index contributed by atoms with van der Waals surface area (Å²) in [7, 11) is 0. The van der Waals surface area contributed by atoms with Gasteiger partial charge < -0.3 is 10.6 Å². The molecule has 1 aromatic carbocycles. The fourth-order valence-corrected chi connectivity index (χ4v) is 3.32. The standard InChI is InChI=1S/C16H23BrN2O.ClH/c1-11(13-5-7-18-8-6-13)10-16(20)19-15-4-3-14(17)9-12(15)2;/h3-4,9,11,13,18H,5-8,10H2,1-2H3,(H,19,20);1H. The molecule has 1 saturated heterocycles. The van der Waals surface area contributed by atoms with Crippen LogP contribution in [0.3, 0.4) is 0 Å². The van der Waals surface area contributed by atoms with Gasteiger partial charge in [-0.3, -0.25) is 4.79 Å². The highest BCUT2D eigenvalue weighted by Gasteiger charge is 2.22. The van der Waals surface area contributed by atoms with Crippen LogP contribution in [0.4, 0.5) is 5.69 Å². The van der Waals surface area contributed by atoms with Crippen molar-refractivity contribution in [3.8, 4) is 0 Å². The van der Waals surface area contributed by atoms with E-state index in [-0.39, 0.29) is 18.3 Å². The van der Waals surface area contributed by atoms with E-state index < -0.39 is 0 Å². The summed E-state index contributed by atoms with van der Waals surface area (Å²) in [5, 5.41) is 6.40. The molecule has 5 heteroatoms. The fraction of sp³-hybridized carbons (Fsp3) is 0.562. The molecule has 3 nitrogen and oxygen atoms in total. The lowest BCUT2D eigenvalue weighted by atomic mass is 9.84. The molecule has 1 unspecified atom stereocenters. The Hall–Kier alpha value is -0.580. The summed E-state index contributed by atoms with van der Waals surface area (Å²) < 4.78 is 1.04. The predicted molar refractivity (Wildman–Crippen MR) is 94.1 cm³/mol. The van der Waals surface area contributed by atoms with Crippen molar-refractivity contribution in [2.45, 2.75) is 33.1 Å². The Balaban J connectivity index is 0.00000220.